The van der Waals surface area contributed by atoms with E-state index >= 15 is 0 Å². The first kappa shape index (κ1) is 15.3. The van der Waals surface area contributed by atoms with E-state index < -0.39 is 9.84 Å². The largest absolute Gasteiger partial charge is 0.497 e. The van der Waals surface area contributed by atoms with E-state index in [2.05, 4.69) is 5.32 Å². The van der Waals surface area contributed by atoms with Crippen LogP contribution in [-0.4, -0.2) is 33.1 Å². The number of benzene rings is 1. The van der Waals surface area contributed by atoms with Crippen LogP contribution < -0.4 is 10.1 Å². The number of nitrogens with one attached hydrogen (secondary N) is 1. The van der Waals surface area contributed by atoms with Crippen molar-refractivity contribution in [2.45, 2.75) is 19.0 Å². The number of ether oxygens (including phenoxy) is 1. The van der Waals surface area contributed by atoms with Crippen LogP contribution in [0.1, 0.15) is 12.0 Å². The van der Waals surface area contributed by atoms with Crippen LogP contribution in [0.15, 0.2) is 24.3 Å². The van der Waals surface area contributed by atoms with Crippen molar-refractivity contribution in [3.8, 4) is 5.75 Å². The third kappa shape index (κ3) is 4.15. The second-order valence-corrected chi connectivity index (χ2v) is 6.56. The van der Waals surface area contributed by atoms with Crippen molar-refractivity contribution in [3.05, 3.63) is 29.8 Å². The molecule has 102 valence electrons. The van der Waals surface area contributed by atoms with Crippen molar-refractivity contribution >= 4 is 22.2 Å². The third-order valence-corrected chi connectivity index (χ3v) is 4.73. The summed E-state index contributed by atoms with van der Waals surface area (Å²) in [6.45, 7) is 0.678. The summed E-state index contributed by atoms with van der Waals surface area (Å²) >= 11 is 0. The van der Waals surface area contributed by atoms with Crippen molar-refractivity contribution in [2.75, 3.05) is 18.6 Å². The molecule has 1 aromatic rings. The van der Waals surface area contributed by atoms with E-state index in [1.165, 1.54) is 0 Å². The second-order valence-electron chi connectivity index (χ2n) is 4.33. The summed E-state index contributed by atoms with van der Waals surface area (Å²) in [5, 5.41) is 3.27. The van der Waals surface area contributed by atoms with Crippen molar-refractivity contribution in [3.63, 3.8) is 0 Å². The van der Waals surface area contributed by atoms with Crippen molar-refractivity contribution in [1.82, 2.24) is 5.32 Å². The molecule has 6 heteroatoms. The molecule has 1 aliphatic heterocycles. The van der Waals surface area contributed by atoms with E-state index in [1.54, 1.807) is 7.11 Å². The number of methoxy groups -OCH3 is 1. The van der Waals surface area contributed by atoms with Crippen LogP contribution in [0.3, 0.4) is 0 Å². The highest BCUT2D eigenvalue weighted by Gasteiger charge is 2.27. The first-order valence-electron chi connectivity index (χ1n) is 5.66. The Kier molecular flexibility index (Phi) is 5.44. The van der Waals surface area contributed by atoms with Crippen molar-refractivity contribution in [2.24, 2.45) is 0 Å². The summed E-state index contributed by atoms with van der Waals surface area (Å²) in [4.78, 5) is 0. The van der Waals surface area contributed by atoms with Gasteiger partial charge in [0, 0.05) is 12.6 Å². The lowest BCUT2D eigenvalue weighted by molar-refractivity contribution is 0.414. The minimum absolute atomic E-state index is 0. The summed E-state index contributed by atoms with van der Waals surface area (Å²) in [5.41, 5.74) is 1.11. The quantitative estimate of drug-likeness (QED) is 0.911. The predicted octanol–water partition coefficient (Wildman–Crippen LogP) is 1.39. The molecule has 1 unspecified atom stereocenters. The summed E-state index contributed by atoms with van der Waals surface area (Å²) in [5.74, 6) is 1.39. The van der Waals surface area contributed by atoms with Gasteiger partial charge in [0.2, 0.25) is 0 Å². The molecular weight excluding hydrogens is 274 g/mol. The van der Waals surface area contributed by atoms with Gasteiger partial charge in [0.1, 0.15) is 5.75 Å². The normalized spacial score (nSPS) is 21.3. The van der Waals surface area contributed by atoms with E-state index in [9.17, 15) is 8.42 Å². The van der Waals surface area contributed by atoms with Crippen LogP contribution in [0, 0.1) is 0 Å². The molecule has 1 aromatic carbocycles. The predicted molar refractivity (Wildman–Crippen MR) is 74.1 cm³/mol. The Labute approximate surface area is 114 Å². The van der Waals surface area contributed by atoms with Crippen LogP contribution in [0.2, 0.25) is 0 Å². The Hall–Kier alpha value is -0.780. The maximum atomic E-state index is 11.3. The van der Waals surface area contributed by atoms with Crippen molar-refractivity contribution in [1.29, 1.82) is 0 Å². The number of hydrogen-bond acceptors (Lipinski definition) is 4. The molecule has 1 saturated heterocycles. The van der Waals surface area contributed by atoms with Crippen LogP contribution in [0.5, 0.6) is 5.75 Å². The fourth-order valence-electron chi connectivity index (χ4n) is 2.00. The lowest BCUT2D eigenvalue weighted by Crippen LogP contribution is -2.29. The van der Waals surface area contributed by atoms with Crippen LogP contribution in [-0.2, 0) is 16.4 Å². The Balaban J connectivity index is 0.00000162. The number of halogens is 1. The standard InChI is InChI=1S/C12H17NO3S.ClH/c1-16-12-4-2-3-10(7-12)8-13-11-5-6-17(14,15)9-11;/h2-4,7,11,13H,5-6,8-9H2,1H3;1H. The average Bonchev–Trinajstić information content (AvgIpc) is 2.67. The molecule has 0 bridgehead atoms. The van der Waals surface area contributed by atoms with E-state index in [0.29, 0.717) is 18.7 Å². The molecule has 0 aliphatic carbocycles. The van der Waals surface area contributed by atoms with Gasteiger partial charge < -0.3 is 10.1 Å². The van der Waals surface area contributed by atoms with E-state index in [-0.39, 0.29) is 24.2 Å². The van der Waals surface area contributed by atoms with E-state index in [0.717, 1.165) is 11.3 Å². The molecular formula is C12H18ClNO3S. The maximum absolute atomic E-state index is 11.3. The van der Waals surface area contributed by atoms with Gasteiger partial charge in [-0.25, -0.2) is 8.42 Å². The Morgan fingerprint density at radius 3 is 2.83 bits per heavy atom. The highest BCUT2D eigenvalue weighted by Crippen LogP contribution is 2.15. The van der Waals surface area contributed by atoms with Gasteiger partial charge in [0.25, 0.3) is 0 Å². The highest BCUT2D eigenvalue weighted by atomic mass is 35.5. The fraction of sp³-hybridized carbons (Fsp3) is 0.500. The monoisotopic (exact) mass is 291 g/mol. The summed E-state index contributed by atoms with van der Waals surface area (Å²) in [6, 6.07) is 7.87. The van der Waals surface area contributed by atoms with Crippen molar-refractivity contribution < 1.29 is 13.2 Å². The van der Waals surface area contributed by atoms with Gasteiger partial charge in [-0.05, 0) is 24.1 Å². The summed E-state index contributed by atoms with van der Waals surface area (Å²) in [7, 11) is -1.16. The fourth-order valence-corrected chi connectivity index (χ4v) is 3.71. The Morgan fingerprint density at radius 1 is 1.44 bits per heavy atom. The number of rotatable bonds is 4. The van der Waals surface area contributed by atoms with E-state index in [1.807, 2.05) is 24.3 Å². The highest BCUT2D eigenvalue weighted by molar-refractivity contribution is 7.91. The van der Waals surface area contributed by atoms with Gasteiger partial charge in [0.15, 0.2) is 9.84 Å². The Morgan fingerprint density at radius 2 is 2.22 bits per heavy atom. The van der Waals surface area contributed by atoms with Gasteiger partial charge in [-0.2, -0.15) is 0 Å². The van der Waals surface area contributed by atoms with Gasteiger partial charge in [-0.15, -0.1) is 12.4 Å². The molecule has 0 saturated carbocycles. The minimum atomic E-state index is -2.80. The summed E-state index contributed by atoms with van der Waals surface area (Å²) in [6.07, 6.45) is 0.715. The maximum Gasteiger partial charge on any atom is 0.151 e. The van der Waals surface area contributed by atoms with Crippen LogP contribution in [0.25, 0.3) is 0 Å². The van der Waals surface area contributed by atoms with Gasteiger partial charge >= 0.3 is 0 Å². The first-order chi connectivity index (χ1) is 8.09. The number of hydrogen-bond donors (Lipinski definition) is 1. The molecule has 1 aliphatic rings. The lowest BCUT2D eigenvalue weighted by Gasteiger charge is -2.11. The van der Waals surface area contributed by atoms with E-state index in [4.69, 9.17) is 4.74 Å². The van der Waals surface area contributed by atoms with Crippen LogP contribution in [0.4, 0.5) is 0 Å². The van der Waals surface area contributed by atoms with Gasteiger partial charge in [-0.1, -0.05) is 12.1 Å². The van der Waals surface area contributed by atoms with Gasteiger partial charge in [-0.3, -0.25) is 0 Å². The lowest BCUT2D eigenvalue weighted by atomic mass is 10.2. The SMILES string of the molecule is COc1cccc(CNC2CCS(=O)(=O)C2)c1.Cl. The molecule has 1 fully saturated rings. The molecule has 0 aromatic heterocycles. The number of sulfone groups is 1. The first-order valence-corrected chi connectivity index (χ1v) is 7.48. The smallest absolute Gasteiger partial charge is 0.151 e. The molecule has 1 N–H and O–H groups in total. The van der Waals surface area contributed by atoms with Gasteiger partial charge in [0.05, 0.1) is 18.6 Å². The zero-order valence-corrected chi connectivity index (χ0v) is 11.9. The third-order valence-electron chi connectivity index (χ3n) is 2.96. The topological polar surface area (TPSA) is 55.4 Å². The molecule has 0 radical (unpaired) electrons. The zero-order chi connectivity index (χ0) is 12.3. The molecule has 18 heavy (non-hydrogen) atoms. The molecule has 1 atom stereocenters. The molecule has 4 nitrogen and oxygen atoms in total. The summed E-state index contributed by atoms with van der Waals surface area (Å²) < 4.78 is 27.7. The Bertz CT molecular complexity index is 490. The molecule has 2 rings (SSSR count). The van der Waals surface area contributed by atoms with Crippen LogP contribution >= 0.6 is 12.4 Å². The second kappa shape index (κ2) is 6.41. The minimum Gasteiger partial charge on any atom is -0.497 e. The zero-order valence-electron chi connectivity index (χ0n) is 10.3. The molecule has 1 heterocycles. The molecule has 0 amide bonds. The molecule has 0 spiro atoms. The average molecular weight is 292 g/mol.